The van der Waals surface area contributed by atoms with Gasteiger partial charge in [0.1, 0.15) is 5.75 Å². The van der Waals surface area contributed by atoms with Crippen molar-refractivity contribution in [2.24, 2.45) is 0 Å². The minimum Gasteiger partial charge on any atom is -0.497 e. The van der Waals surface area contributed by atoms with Crippen LogP contribution >= 0.6 is 0 Å². The summed E-state index contributed by atoms with van der Waals surface area (Å²) in [5.74, 6) is 0.958. The van der Waals surface area contributed by atoms with Crippen molar-refractivity contribution >= 4 is 5.91 Å². The van der Waals surface area contributed by atoms with Crippen molar-refractivity contribution in [3.63, 3.8) is 0 Å². The molecule has 0 unspecified atom stereocenters. The smallest absolute Gasteiger partial charge is 0.230 e. The third-order valence-corrected chi connectivity index (χ3v) is 5.83. The topological polar surface area (TPSA) is 50.8 Å². The zero-order chi connectivity index (χ0) is 17.7. The number of hydrogen-bond acceptors (Lipinski definition) is 4. The number of ether oxygens (including phenoxy) is 2. The van der Waals surface area contributed by atoms with Crippen molar-refractivity contribution in [3.8, 4) is 5.75 Å². The maximum absolute atomic E-state index is 13.2. The molecule has 1 N–H and O–H groups in total. The molecule has 5 nitrogen and oxygen atoms in total. The van der Waals surface area contributed by atoms with Crippen LogP contribution in [0.3, 0.4) is 0 Å². The van der Waals surface area contributed by atoms with Gasteiger partial charge in [-0.25, -0.2) is 0 Å². The van der Waals surface area contributed by atoms with Crippen molar-refractivity contribution in [1.29, 1.82) is 0 Å². The van der Waals surface area contributed by atoms with Crippen LogP contribution in [0.15, 0.2) is 24.3 Å². The number of likely N-dealkylation sites (tertiary alicyclic amines) is 1. The Bertz CT molecular complexity index is 567. The van der Waals surface area contributed by atoms with Crippen molar-refractivity contribution in [3.05, 3.63) is 29.8 Å². The fourth-order valence-corrected chi connectivity index (χ4v) is 4.20. The Morgan fingerprint density at radius 3 is 2.68 bits per heavy atom. The molecule has 2 heterocycles. The molecule has 1 atom stereocenters. The molecule has 0 aliphatic carbocycles. The summed E-state index contributed by atoms with van der Waals surface area (Å²) in [5.41, 5.74) is 0.577. The van der Waals surface area contributed by atoms with Gasteiger partial charge in [0.2, 0.25) is 5.91 Å². The number of amides is 1. The average Bonchev–Trinajstić information content (AvgIpc) is 3.14. The highest BCUT2D eigenvalue weighted by Gasteiger charge is 2.42. The van der Waals surface area contributed by atoms with Gasteiger partial charge in [-0.3, -0.25) is 9.69 Å². The first-order chi connectivity index (χ1) is 12.2. The number of carbonyl (C=O) groups excluding carboxylic acids is 1. The molecule has 1 amide bonds. The summed E-state index contributed by atoms with van der Waals surface area (Å²) in [5, 5.41) is 3.26. The summed E-state index contributed by atoms with van der Waals surface area (Å²) in [6.45, 7) is 6.39. The zero-order valence-corrected chi connectivity index (χ0v) is 15.4. The first kappa shape index (κ1) is 18.2. The number of carbonyl (C=O) groups is 1. The lowest BCUT2D eigenvalue weighted by atomic mass is 9.73. The van der Waals surface area contributed by atoms with Crippen molar-refractivity contribution < 1.29 is 14.3 Å². The third-order valence-electron chi connectivity index (χ3n) is 5.83. The molecule has 5 heteroatoms. The van der Waals surface area contributed by atoms with E-state index in [9.17, 15) is 4.79 Å². The number of hydrogen-bond donors (Lipinski definition) is 1. The highest BCUT2D eigenvalue weighted by molar-refractivity contribution is 5.88. The Morgan fingerprint density at radius 1 is 1.32 bits per heavy atom. The molecule has 138 valence electrons. The number of benzene rings is 1. The second kappa shape index (κ2) is 8.19. The lowest BCUT2D eigenvalue weighted by Gasteiger charge is -2.37. The number of likely N-dealkylation sites (N-methyl/N-ethyl adjacent to an activating group) is 1. The highest BCUT2D eigenvalue weighted by Crippen LogP contribution is 2.36. The van der Waals surface area contributed by atoms with Crippen LogP contribution in [0, 0.1) is 0 Å². The molecule has 0 bridgehead atoms. The van der Waals surface area contributed by atoms with Gasteiger partial charge in [-0.2, -0.15) is 0 Å². The van der Waals surface area contributed by atoms with E-state index in [4.69, 9.17) is 9.47 Å². The molecule has 2 saturated heterocycles. The van der Waals surface area contributed by atoms with Crippen molar-refractivity contribution in [1.82, 2.24) is 10.2 Å². The minimum atomic E-state index is -0.486. The monoisotopic (exact) mass is 346 g/mol. The van der Waals surface area contributed by atoms with E-state index in [2.05, 4.69) is 17.1 Å². The normalized spacial score (nSPS) is 23.4. The van der Waals surface area contributed by atoms with Crippen LogP contribution in [0.1, 0.15) is 38.2 Å². The van der Waals surface area contributed by atoms with Gasteiger partial charge < -0.3 is 14.8 Å². The van der Waals surface area contributed by atoms with Crippen LogP contribution in [0.25, 0.3) is 0 Å². The molecule has 0 radical (unpaired) electrons. The fourth-order valence-electron chi connectivity index (χ4n) is 4.20. The molecule has 1 aromatic rings. The van der Waals surface area contributed by atoms with E-state index in [0.717, 1.165) is 43.8 Å². The fraction of sp³-hybridized carbons (Fsp3) is 0.650. The van der Waals surface area contributed by atoms with Gasteiger partial charge in [-0.05, 0) is 56.5 Å². The van der Waals surface area contributed by atoms with Crippen LogP contribution in [-0.4, -0.2) is 56.8 Å². The second-order valence-electron chi connectivity index (χ2n) is 7.06. The quantitative estimate of drug-likeness (QED) is 0.859. The number of methoxy groups -OCH3 is 1. The molecule has 0 saturated carbocycles. The summed E-state index contributed by atoms with van der Waals surface area (Å²) < 4.78 is 10.8. The van der Waals surface area contributed by atoms with Gasteiger partial charge in [0.05, 0.1) is 12.5 Å². The zero-order valence-electron chi connectivity index (χ0n) is 15.4. The van der Waals surface area contributed by atoms with Gasteiger partial charge in [-0.15, -0.1) is 0 Å². The molecular weight excluding hydrogens is 316 g/mol. The van der Waals surface area contributed by atoms with E-state index in [-0.39, 0.29) is 5.91 Å². The van der Waals surface area contributed by atoms with E-state index in [0.29, 0.717) is 19.3 Å². The Balaban J connectivity index is 1.73. The Morgan fingerprint density at radius 2 is 2.04 bits per heavy atom. The predicted octanol–water partition coefficient (Wildman–Crippen LogP) is 2.34. The van der Waals surface area contributed by atoms with E-state index >= 15 is 0 Å². The van der Waals surface area contributed by atoms with Gasteiger partial charge in [0.25, 0.3) is 0 Å². The van der Waals surface area contributed by atoms with Gasteiger partial charge in [-0.1, -0.05) is 19.1 Å². The third kappa shape index (κ3) is 3.82. The molecule has 25 heavy (non-hydrogen) atoms. The molecule has 2 fully saturated rings. The SMILES string of the molecule is CCN1CCC[C@@H]1CNC(=O)C1(c2ccc(OC)cc2)CCOCC1. The van der Waals surface area contributed by atoms with Gasteiger partial charge in [0, 0.05) is 25.8 Å². The van der Waals surface area contributed by atoms with Gasteiger partial charge >= 0.3 is 0 Å². The van der Waals surface area contributed by atoms with Crippen LogP contribution in [-0.2, 0) is 14.9 Å². The molecule has 1 aromatic carbocycles. The first-order valence-electron chi connectivity index (χ1n) is 9.44. The van der Waals surface area contributed by atoms with Crippen LogP contribution in [0.4, 0.5) is 0 Å². The predicted molar refractivity (Wildman–Crippen MR) is 98.0 cm³/mol. The maximum Gasteiger partial charge on any atom is 0.230 e. The number of nitrogens with zero attached hydrogens (tertiary/aromatic N) is 1. The summed E-state index contributed by atoms with van der Waals surface area (Å²) in [7, 11) is 1.66. The number of nitrogens with one attached hydrogen (secondary N) is 1. The van der Waals surface area contributed by atoms with Crippen molar-refractivity contribution in [2.75, 3.05) is 40.0 Å². The van der Waals surface area contributed by atoms with Crippen molar-refractivity contribution in [2.45, 2.75) is 44.1 Å². The molecule has 3 rings (SSSR count). The number of rotatable bonds is 6. The lowest BCUT2D eigenvalue weighted by molar-refractivity contribution is -0.130. The Labute approximate surface area is 150 Å². The maximum atomic E-state index is 13.2. The molecule has 2 aliphatic heterocycles. The lowest BCUT2D eigenvalue weighted by Crippen LogP contribution is -2.50. The first-order valence-corrected chi connectivity index (χ1v) is 9.44. The standard InChI is InChI=1S/C20H30N2O3/c1-3-22-12-4-5-17(22)15-21-19(23)20(10-13-25-14-11-20)16-6-8-18(24-2)9-7-16/h6-9,17H,3-5,10-15H2,1-2H3,(H,21,23)/t17-/m1/s1. The van der Waals surface area contributed by atoms with Crippen LogP contribution < -0.4 is 10.1 Å². The van der Waals surface area contributed by atoms with Crippen LogP contribution in [0.2, 0.25) is 0 Å². The molecule has 2 aliphatic rings. The van der Waals surface area contributed by atoms with E-state index < -0.39 is 5.41 Å². The van der Waals surface area contributed by atoms with E-state index in [1.54, 1.807) is 7.11 Å². The summed E-state index contributed by atoms with van der Waals surface area (Å²) in [6, 6.07) is 8.40. The second-order valence-corrected chi connectivity index (χ2v) is 7.06. The molecule has 0 aromatic heterocycles. The average molecular weight is 346 g/mol. The van der Waals surface area contributed by atoms with E-state index in [1.807, 2.05) is 24.3 Å². The minimum absolute atomic E-state index is 0.143. The molecular formula is C20H30N2O3. The van der Waals surface area contributed by atoms with Crippen LogP contribution in [0.5, 0.6) is 5.75 Å². The Hall–Kier alpha value is -1.59. The summed E-state index contributed by atoms with van der Waals surface area (Å²) >= 11 is 0. The summed E-state index contributed by atoms with van der Waals surface area (Å²) in [4.78, 5) is 15.7. The highest BCUT2D eigenvalue weighted by atomic mass is 16.5. The van der Waals surface area contributed by atoms with E-state index in [1.165, 1.54) is 12.8 Å². The largest absolute Gasteiger partial charge is 0.497 e. The molecule has 0 spiro atoms. The van der Waals surface area contributed by atoms with Gasteiger partial charge in [0.15, 0.2) is 0 Å². The summed E-state index contributed by atoms with van der Waals surface area (Å²) in [6.07, 6.45) is 3.86. The Kier molecular flexibility index (Phi) is 5.97.